The molecule has 1 aliphatic carbocycles. The standard InChI is InChI=1S/C21H24ClN5O2/c22-16-10-14(17(28)9-6-13-4-2-1-3-5-13)7-8-15(16)12-29-18-11-19(23)24-21-20(18)25-27-26-21/h7-8,10-11,13H,1-6,9,12H2,(H3,23,24,25,26,27). The molecule has 1 fully saturated rings. The van der Waals surface area contributed by atoms with Crippen molar-refractivity contribution in [3.63, 3.8) is 0 Å². The number of benzene rings is 1. The van der Waals surface area contributed by atoms with Gasteiger partial charge >= 0.3 is 0 Å². The molecule has 0 amide bonds. The summed E-state index contributed by atoms with van der Waals surface area (Å²) in [6.07, 6.45) is 7.98. The van der Waals surface area contributed by atoms with Crippen LogP contribution in [0.15, 0.2) is 24.3 Å². The van der Waals surface area contributed by atoms with Crippen molar-refractivity contribution < 1.29 is 9.53 Å². The number of fused-ring (bicyclic) bond motifs is 1. The molecule has 2 heterocycles. The Morgan fingerprint density at radius 2 is 2.03 bits per heavy atom. The Labute approximate surface area is 174 Å². The molecule has 0 saturated heterocycles. The highest BCUT2D eigenvalue weighted by Gasteiger charge is 2.17. The van der Waals surface area contributed by atoms with E-state index in [1.807, 2.05) is 12.1 Å². The fraction of sp³-hybridized carbons (Fsp3) is 0.429. The molecule has 0 unspecified atom stereocenters. The van der Waals surface area contributed by atoms with Crippen molar-refractivity contribution in [2.75, 3.05) is 5.73 Å². The molecule has 1 saturated carbocycles. The van der Waals surface area contributed by atoms with Gasteiger partial charge in [0.2, 0.25) is 5.65 Å². The van der Waals surface area contributed by atoms with E-state index in [0.29, 0.717) is 45.7 Å². The van der Waals surface area contributed by atoms with Crippen LogP contribution in [-0.2, 0) is 6.61 Å². The molecule has 4 rings (SSSR count). The van der Waals surface area contributed by atoms with E-state index < -0.39 is 0 Å². The minimum Gasteiger partial charge on any atom is -0.486 e. The topological polar surface area (TPSA) is 107 Å². The molecule has 3 N–H and O–H groups in total. The van der Waals surface area contributed by atoms with Crippen LogP contribution < -0.4 is 10.5 Å². The number of ether oxygens (including phenoxy) is 1. The number of nitrogens with zero attached hydrogens (tertiary/aromatic N) is 3. The number of hydrogen-bond donors (Lipinski definition) is 2. The largest absolute Gasteiger partial charge is 0.486 e. The Morgan fingerprint density at radius 1 is 1.21 bits per heavy atom. The van der Waals surface area contributed by atoms with Crippen molar-refractivity contribution >= 4 is 34.4 Å². The van der Waals surface area contributed by atoms with Gasteiger partial charge in [0.05, 0.1) is 0 Å². The Kier molecular flexibility index (Phi) is 5.94. The first-order valence-electron chi connectivity index (χ1n) is 10.0. The summed E-state index contributed by atoms with van der Waals surface area (Å²) in [5, 5.41) is 11.0. The number of hydrogen-bond acceptors (Lipinski definition) is 6. The predicted molar refractivity (Wildman–Crippen MR) is 112 cm³/mol. The fourth-order valence-corrected chi connectivity index (χ4v) is 4.12. The average molecular weight is 414 g/mol. The molecular weight excluding hydrogens is 390 g/mol. The molecule has 152 valence electrons. The van der Waals surface area contributed by atoms with Crippen LogP contribution in [0.2, 0.25) is 5.02 Å². The van der Waals surface area contributed by atoms with E-state index in [2.05, 4.69) is 20.4 Å². The summed E-state index contributed by atoms with van der Waals surface area (Å²) in [6, 6.07) is 6.99. The summed E-state index contributed by atoms with van der Waals surface area (Å²) < 4.78 is 5.84. The van der Waals surface area contributed by atoms with Gasteiger partial charge in [-0.05, 0) is 18.4 Å². The van der Waals surface area contributed by atoms with Gasteiger partial charge in [-0.15, -0.1) is 5.10 Å². The van der Waals surface area contributed by atoms with Crippen LogP contribution in [0.5, 0.6) is 5.75 Å². The number of nitrogens with two attached hydrogens (primary N) is 1. The second-order valence-corrected chi connectivity index (χ2v) is 8.01. The molecule has 0 radical (unpaired) electrons. The highest BCUT2D eigenvalue weighted by molar-refractivity contribution is 6.31. The first-order valence-corrected chi connectivity index (χ1v) is 10.4. The number of ketones is 1. The molecule has 1 aliphatic rings. The average Bonchev–Trinajstić information content (AvgIpc) is 3.20. The highest BCUT2D eigenvalue weighted by atomic mass is 35.5. The van der Waals surface area contributed by atoms with Crippen LogP contribution in [0, 0.1) is 5.92 Å². The monoisotopic (exact) mass is 413 g/mol. The molecule has 8 heteroatoms. The molecule has 0 bridgehead atoms. The van der Waals surface area contributed by atoms with Crippen LogP contribution in [-0.4, -0.2) is 26.2 Å². The maximum Gasteiger partial charge on any atom is 0.207 e. The van der Waals surface area contributed by atoms with E-state index in [-0.39, 0.29) is 12.4 Å². The van der Waals surface area contributed by atoms with Crippen LogP contribution in [0.1, 0.15) is 60.9 Å². The fourth-order valence-electron chi connectivity index (χ4n) is 3.88. The summed E-state index contributed by atoms with van der Waals surface area (Å²) in [5.74, 6) is 1.62. The molecule has 3 aromatic rings. The second kappa shape index (κ2) is 8.78. The molecule has 0 spiro atoms. The maximum atomic E-state index is 12.6. The smallest absolute Gasteiger partial charge is 0.207 e. The number of anilines is 1. The number of nitrogens with one attached hydrogen (secondary N) is 1. The SMILES string of the molecule is Nc1cc(OCc2ccc(C(=O)CCC3CCCCC3)cc2Cl)c2n[nH]nc2n1. The van der Waals surface area contributed by atoms with Crippen molar-refractivity contribution in [3.05, 3.63) is 40.4 Å². The number of carbonyl (C=O) groups is 1. The lowest BCUT2D eigenvalue weighted by atomic mass is 9.85. The first-order chi connectivity index (χ1) is 14.1. The van der Waals surface area contributed by atoms with Gasteiger partial charge in [0.25, 0.3) is 0 Å². The number of aromatic amines is 1. The third kappa shape index (κ3) is 4.67. The normalized spacial score (nSPS) is 14.9. The van der Waals surface area contributed by atoms with Crippen LogP contribution >= 0.6 is 11.6 Å². The lowest BCUT2D eigenvalue weighted by Gasteiger charge is -2.20. The lowest BCUT2D eigenvalue weighted by molar-refractivity contribution is 0.0970. The zero-order valence-corrected chi connectivity index (χ0v) is 16.9. The zero-order valence-electron chi connectivity index (χ0n) is 16.2. The number of H-pyrrole nitrogens is 1. The summed E-state index contributed by atoms with van der Waals surface area (Å²) in [7, 11) is 0. The predicted octanol–water partition coefficient (Wildman–Crippen LogP) is 4.71. The van der Waals surface area contributed by atoms with Crippen molar-refractivity contribution in [3.8, 4) is 5.75 Å². The number of halogens is 1. The number of carbonyl (C=O) groups excluding carboxylic acids is 1. The van der Waals surface area contributed by atoms with Crippen molar-refractivity contribution in [2.24, 2.45) is 5.92 Å². The van der Waals surface area contributed by atoms with Gasteiger partial charge in [-0.3, -0.25) is 4.79 Å². The zero-order chi connectivity index (χ0) is 20.2. The molecule has 1 aromatic carbocycles. The molecule has 29 heavy (non-hydrogen) atoms. The van der Waals surface area contributed by atoms with Crippen LogP contribution in [0.25, 0.3) is 11.2 Å². The van der Waals surface area contributed by atoms with Crippen molar-refractivity contribution in [1.29, 1.82) is 0 Å². The number of nitrogen functional groups attached to an aromatic ring is 1. The molecular formula is C21H24ClN5O2. The molecule has 7 nitrogen and oxygen atoms in total. The van der Waals surface area contributed by atoms with Gasteiger partial charge in [-0.1, -0.05) is 55.8 Å². The van der Waals surface area contributed by atoms with E-state index in [1.54, 1.807) is 12.1 Å². The van der Waals surface area contributed by atoms with E-state index in [0.717, 1.165) is 12.0 Å². The van der Waals surface area contributed by atoms with Gasteiger partial charge in [0.15, 0.2) is 17.0 Å². The van der Waals surface area contributed by atoms with Crippen molar-refractivity contribution in [2.45, 2.75) is 51.6 Å². The Balaban J connectivity index is 1.39. The molecule has 0 atom stereocenters. The van der Waals surface area contributed by atoms with Crippen molar-refractivity contribution in [1.82, 2.24) is 20.4 Å². The lowest BCUT2D eigenvalue weighted by Crippen LogP contribution is -2.09. The Hall–Kier alpha value is -2.67. The number of pyridine rings is 1. The Bertz CT molecular complexity index is 1010. The summed E-state index contributed by atoms with van der Waals surface area (Å²) in [4.78, 5) is 16.6. The van der Waals surface area contributed by atoms with Gasteiger partial charge in [-0.25, -0.2) is 4.98 Å². The molecule has 2 aromatic heterocycles. The summed E-state index contributed by atoms with van der Waals surface area (Å²) in [5.41, 5.74) is 8.11. The minimum absolute atomic E-state index is 0.149. The number of rotatable bonds is 7. The number of Topliss-reactive ketones (excluding diaryl/α,β-unsaturated/α-hetero) is 1. The summed E-state index contributed by atoms with van der Waals surface area (Å²) >= 11 is 6.41. The van der Waals surface area contributed by atoms with Gasteiger partial charge in [0, 0.05) is 28.6 Å². The van der Waals surface area contributed by atoms with E-state index in [1.165, 1.54) is 32.1 Å². The molecule has 0 aliphatic heterocycles. The highest BCUT2D eigenvalue weighted by Crippen LogP contribution is 2.29. The quantitative estimate of drug-likeness (QED) is 0.543. The van der Waals surface area contributed by atoms with Crippen LogP contribution in [0.4, 0.5) is 5.82 Å². The third-order valence-electron chi connectivity index (χ3n) is 5.54. The van der Waals surface area contributed by atoms with Crippen LogP contribution in [0.3, 0.4) is 0 Å². The van der Waals surface area contributed by atoms with E-state index in [9.17, 15) is 4.79 Å². The Morgan fingerprint density at radius 3 is 2.83 bits per heavy atom. The van der Waals surface area contributed by atoms with Gasteiger partial charge < -0.3 is 10.5 Å². The van der Waals surface area contributed by atoms with E-state index in [4.69, 9.17) is 22.1 Å². The maximum absolute atomic E-state index is 12.6. The van der Waals surface area contributed by atoms with Gasteiger partial charge in [0.1, 0.15) is 12.4 Å². The minimum atomic E-state index is 0.149. The van der Waals surface area contributed by atoms with Gasteiger partial charge in [-0.2, -0.15) is 10.3 Å². The number of aromatic nitrogens is 4. The summed E-state index contributed by atoms with van der Waals surface area (Å²) in [6.45, 7) is 0.223. The van der Waals surface area contributed by atoms with E-state index >= 15 is 0 Å². The second-order valence-electron chi connectivity index (χ2n) is 7.60. The first kappa shape index (κ1) is 19.6. The third-order valence-corrected chi connectivity index (χ3v) is 5.89.